The molecule has 1 aromatic carbocycles. The molecule has 0 unspecified atom stereocenters. The first kappa shape index (κ1) is 14.9. The van der Waals surface area contributed by atoms with Crippen LogP contribution in [0.4, 0.5) is 10.2 Å². The number of hydrogen-bond acceptors (Lipinski definition) is 3. The molecular formula is C15H17BrFN3. The maximum Gasteiger partial charge on any atom is 0.133 e. The van der Waals surface area contributed by atoms with Crippen LogP contribution in [0.25, 0.3) is 11.3 Å². The van der Waals surface area contributed by atoms with Crippen molar-refractivity contribution >= 4 is 21.7 Å². The highest BCUT2D eigenvalue weighted by atomic mass is 79.9. The molecule has 0 atom stereocenters. The van der Waals surface area contributed by atoms with E-state index in [-0.39, 0.29) is 5.82 Å². The Hall–Kier alpha value is -1.49. The molecule has 0 amide bonds. The monoisotopic (exact) mass is 337 g/mol. The quantitative estimate of drug-likeness (QED) is 0.876. The molecule has 2 rings (SSSR count). The molecule has 2 aromatic rings. The van der Waals surface area contributed by atoms with E-state index in [4.69, 9.17) is 0 Å². The third kappa shape index (κ3) is 3.15. The van der Waals surface area contributed by atoms with E-state index in [9.17, 15) is 4.39 Å². The van der Waals surface area contributed by atoms with Crippen molar-refractivity contribution in [3.8, 4) is 11.3 Å². The van der Waals surface area contributed by atoms with Crippen molar-refractivity contribution in [1.82, 2.24) is 9.97 Å². The molecular weight excluding hydrogens is 321 g/mol. The zero-order chi connectivity index (χ0) is 14.5. The van der Waals surface area contributed by atoms with Gasteiger partial charge in [-0.3, -0.25) is 0 Å². The minimum absolute atomic E-state index is 0.272. The van der Waals surface area contributed by atoms with Crippen LogP contribution < -0.4 is 5.32 Å². The van der Waals surface area contributed by atoms with Crippen molar-refractivity contribution in [1.29, 1.82) is 0 Å². The lowest BCUT2D eigenvalue weighted by molar-refractivity contribution is 0.630. The summed E-state index contributed by atoms with van der Waals surface area (Å²) in [6.45, 7) is 4.87. The van der Waals surface area contributed by atoms with Crippen molar-refractivity contribution in [2.24, 2.45) is 0 Å². The largest absolute Gasteiger partial charge is 0.370 e. The molecule has 0 spiro atoms. The number of nitrogens with one attached hydrogen (secondary N) is 1. The summed E-state index contributed by atoms with van der Waals surface area (Å²) in [4.78, 5) is 8.57. The van der Waals surface area contributed by atoms with Gasteiger partial charge in [0.25, 0.3) is 0 Å². The number of anilines is 1. The maximum atomic E-state index is 14.1. The second kappa shape index (κ2) is 6.79. The Morgan fingerprint density at radius 1 is 1.25 bits per heavy atom. The smallest absolute Gasteiger partial charge is 0.133 e. The van der Waals surface area contributed by atoms with Crippen molar-refractivity contribution in [3.05, 3.63) is 40.4 Å². The highest BCUT2D eigenvalue weighted by molar-refractivity contribution is 9.10. The normalized spacial score (nSPS) is 10.6. The van der Waals surface area contributed by atoms with Gasteiger partial charge in [0.2, 0.25) is 0 Å². The summed E-state index contributed by atoms with van der Waals surface area (Å²) in [6, 6.07) is 4.89. The Morgan fingerprint density at radius 3 is 2.75 bits per heavy atom. The van der Waals surface area contributed by atoms with Crippen LogP contribution in [-0.4, -0.2) is 16.5 Å². The Labute approximate surface area is 126 Å². The van der Waals surface area contributed by atoms with E-state index in [2.05, 4.69) is 38.1 Å². The first-order valence-electron chi connectivity index (χ1n) is 6.70. The van der Waals surface area contributed by atoms with Gasteiger partial charge >= 0.3 is 0 Å². The van der Waals surface area contributed by atoms with Crippen molar-refractivity contribution in [3.63, 3.8) is 0 Å². The Bertz CT molecular complexity index is 602. The van der Waals surface area contributed by atoms with Crippen LogP contribution in [0.3, 0.4) is 0 Å². The van der Waals surface area contributed by atoms with E-state index in [0.717, 1.165) is 35.2 Å². The van der Waals surface area contributed by atoms with E-state index < -0.39 is 0 Å². The van der Waals surface area contributed by atoms with Crippen LogP contribution in [0.1, 0.15) is 25.8 Å². The maximum absolute atomic E-state index is 14.1. The van der Waals surface area contributed by atoms with Crippen molar-refractivity contribution < 1.29 is 4.39 Å². The van der Waals surface area contributed by atoms with Gasteiger partial charge in [0, 0.05) is 22.1 Å². The number of benzene rings is 1. The molecule has 0 fully saturated rings. The highest BCUT2D eigenvalue weighted by Crippen LogP contribution is 2.30. The molecule has 1 heterocycles. The van der Waals surface area contributed by atoms with Crippen LogP contribution >= 0.6 is 15.9 Å². The second-order valence-electron chi connectivity index (χ2n) is 4.45. The third-order valence-corrected chi connectivity index (χ3v) is 3.47. The van der Waals surface area contributed by atoms with E-state index in [0.29, 0.717) is 11.3 Å². The molecule has 0 radical (unpaired) electrons. The van der Waals surface area contributed by atoms with Gasteiger partial charge < -0.3 is 5.32 Å². The zero-order valence-electron chi connectivity index (χ0n) is 11.6. The summed E-state index contributed by atoms with van der Waals surface area (Å²) in [7, 11) is 0. The Kier molecular flexibility index (Phi) is 5.06. The molecule has 0 bridgehead atoms. The Balaban J connectivity index is 2.60. The minimum Gasteiger partial charge on any atom is -0.370 e. The molecule has 1 N–H and O–H groups in total. The standard InChI is InChI=1S/C15H17BrFN3/c1-3-5-11-14(19-9-20-15(11)18-4-2)12-8-10(16)6-7-13(12)17/h6-9H,3-5H2,1-2H3,(H,18,19,20). The zero-order valence-corrected chi connectivity index (χ0v) is 13.2. The van der Waals surface area contributed by atoms with Crippen LogP contribution in [0.5, 0.6) is 0 Å². The summed E-state index contributed by atoms with van der Waals surface area (Å²) in [6.07, 6.45) is 3.24. The fourth-order valence-electron chi connectivity index (χ4n) is 2.13. The summed E-state index contributed by atoms with van der Waals surface area (Å²) in [5, 5.41) is 3.22. The van der Waals surface area contributed by atoms with Crippen LogP contribution in [0, 0.1) is 5.82 Å². The van der Waals surface area contributed by atoms with Gasteiger partial charge in [0.1, 0.15) is 18.0 Å². The van der Waals surface area contributed by atoms with Gasteiger partial charge in [0.15, 0.2) is 0 Å². The van der Waals surface area contributed by atoms with Crippen molar-refractivity contribution in [2.75, 3.05) is 11.9 Å². The van der Waals surface area contributed by atoms with Crippen LogP contribution in [0.15, 0.2) is 29.0 Å². The van der Waals surface area contributed by atoms with Gasteiger partial charge in [-0.25, -0.2) is 14.4 Å². The molecule has 1 aromatic heterocycles. The van der Waals surface area contributed by atoms with Crippen molar-refractivity contribution in [2.45, 2.75) is 26.7 Å². The Morgan fingerprint density at radius 2 is 2.05 bits per heavy atom. The van der Waals surface area contributed by atoms with Gasteiger partial charge in [-0.15, -0.1) is 0 Å². The van der Waals surface area contributed by atoms with Gasteiger partial charge in [-0.05, 0) is 31.5 Å². The lowest BCUT2D eigenvalue weighted by Gasteiger charge is -2.14. The fraction of sp³-hybridized carbons (Fsp3) is 0.333. The number of hydrogen-bond donors (Lipinski definition) is 1. The first-order chi connectivity index (χ1) is 9.67. The van der Waals surface area contributed by atoms with E-state index in [1.807, 2.05) is 6.92 Å². The lowest BCUT2D eigenvalue weighted by Crippen LogP contribution is -2.07. The van der Waals surface area contributed by atoms with E-state index in [1.165, 1.54) is 12.4 Å². The molecule has 0 saturated heterocycles. The van der Waals surface area contributed by atoms with Gasteiger partial charge in [-0.2, -0.15) is 0 Å². The first-order valence-corrected chi connectivity index (χ1v) is 7.49. The van der Waals surface area contributed by atoms with Crippen LogP contribution in [0.2, 0.25) is 0 Å². The number of nitrogens with zero attached hydrogens (tertiary/aromatic N) is 2. The number of rotatable bonds is 5. The van der Waals surface area contributed by atoms with E-state index >= 15 is 0 Å². The molecule has 0 saturated carbocycles. The predicted molar refractivity (Wildman–Crippen MR) is 83.3 cm³/mol. The molecule has 0 aliphatic heterocycles. The fourth-order valence-corrected chi connectivity index (χ4v) is 2.49. The summed E-state index contributed by atoms with van der Waals surface area (Å²) >= 11 is 3.38. The predicted octanol–water partition coefficient (Wildman–Crippen LogP) is 4.43. The summed E-state index contributed by atoms with van der Waals surface area (Å²) in [5.74, 6) is 0.519. The average Bonchev–Trinajstić information content (AvgIpc) is 2.44. The average molecular weight is 338 g/mol. The minimum atomic E-state index is -0.272. The molecule has 3 nitrogen and oxygen atoms in total. The number of aromatic nitrogens is 2. The summed E-state index contributed by atoms with van der Waals surface area (Å²) in [5.41, 5.74) is 2.13. The summed E-state index contributed by atoms with van der Waals surface area (Å²) < 4.78 is 14.9. The lowest BCUT2D eigenvalue weighted by atomic mass is 10.0. The SMILES string of the molecule is CCCc1c(NCC)ncnc1-c1cc(Br)ccc1F. The molecule has 0 aliphatic carbocycles. The van der Waals surface area contributed by atoms with Gasteiger partial charge in [0.05, 0.1) is 5.69 Å². The van der Waals surface area contributed by atoms with E-state index in [1.54, 1.807) is 12.1 Å². The molecule has 20 heavy (non-hydrogen) atoms. The second-order valence-corrected chi connectivity index (χ2v) is 5.37. The van der Waals surface area contributed by atoms with Crippen LogP contribution in [-0.2, 0) is 6.42 Å². The topological polar surface area (TPSA) is 37.8 Å². The molecule has 0 aliphatic rings. The third-order valence-electron chi connectivity index (χ3n) is 2.97. The highest BCUT2D eigenvalue weighted by Gasteiger charge is 2.15. The molecule has 106 valence electrons. The van der Waals surface area contributed by atoms with Gasteiger partial charge in [-0.1, -0.05) is 29.3 Å². The molecule has 5 heteroatoms. The number of halogens is 2.